The van der Waals surface area contributed by atoms with E-state index in [9.17, 15) is 9.59 Å². The van der Waals surface area contributed by atoms with E-state index in [1.807, 2.05) is 24.1 Å². The first kappa shape index (κ1) is 15.9. The smallest absolute Gasteiger partial charge is 0.231 e. The topological polar surface area (TPSA) is 53.5 Å². The third-order valence-corrected chi connectivity index (χ3v) is 4.92. The molecular weight excluding hydrogens is 286 g/mol. The van der Waals surface area contributed by atoms with E-state index in [2.05, 4.69) is 4.98 Å². The second kappa shape index (κ2) is 7.02. The standard InChI is InChI=1S/C15H23N3O2S/c1-4-5-13(19)18-8-6-12(7-9-18)14(20)17(3)15-16-11(2)10-21-15/h10,12H,4-9H2,1-3H3. The van der Waals surface area contributed by atoms with Gasteiger partial charge in [-0.25, -0.2) is 4.98 Å². The maximum absolute atomic E-state index is 12.5. The number of rotatable bonds is 4. The molecule has 6 heteroatoms. The van der Waals surface area contributed by atoms with E-state index in [1.54, 1.807) is 11.9 Å². The molecule has 0 radical (unpaired) electrons. The van der Waals surface area contributed by atoms with Crippen molar-refractivity contribution in [1.82, 2.24) is 9.88 Å². The van der Waals surface area contributed by atoms with Gasteiger partial charge >= 0.3 is 0 Å². The van der Waals surface area contributed by atoms with Gasteiger partial charge in [0.1, 0.15) is 0 Å². The Morgan fingerprint density at radius 3 is 2.62 bits per heavy atom. The molecular formula is C15H23N3O2S. The summed E-state index contributed by atoms with van der Waals surface area (Å²) >= 11 is 1.49. The highest BCUT2D eigenvalue weighted by molar-refractivity contribution is 7.14. The van der Waals surface area contributed by atoms with E-state index in [4.69, 9.17) is 0 Å². The number of amides is 2. The summed E-state index contributed by atoms with van der Waals surface area (Å²) in [6.45, 7) is 5.33. The summed E-state index contributed by atoms with van der Waals surface area (Å²) in [6.07, 6.45) is 2.99. The number of anilines is 1. The molecule has 116 valence electrons. The van der Waals surface area contributed by atoms with Gasteiger partial charge in [0.15, 0.2) is 5.13 Å². The van der Waals surface area contributed by atoms with E-state index < -0.39 is 0 Å². The van der Waals surface area contributed by atoms with Gasteiger partial charge in [-0.05, 0) is 26.2 Å². The molecule has 1 fully saturated rings. The van der Waals surface area contributed by atoms with Gasteiger partial charge in [0.05, 0.1) is 5.69 Å². The van der Waals surface area contributed by atoms with Crippen LogP contribution in [0.5, 0.6) is 0 Å². The van der Waals surface area contributed by atoms with E-state index in [-0.39, 0.29) is 17.7 Å². The highest BCUT2D eigenvalue weighted by Gasteiger charge is 2.29. The third kappa shape index (κ3) is 3.81. The number of carbonyl (C=O) groups excluding carboxylic acids is 2. The fourth-order valence-corrected chi connectivity index (χ4v) is 3.39. The number of aryl methyl sites for hydroxylation is 1. The minimum Gasteiger partial charge on any atom is -0.343 e. The molecule has 1 saturated heterocycles. The number of aromatic nitrogens is 1. The van der Waals surface area contributed by atoms with E-state index in [0.29, 0.717) is 19.5 Å². The molecule has 2 amide bonds. The number of nitrogens with zero attached hydrogens (tertiary/aromatic N) is 3. The molecule has 0 aliphatic carbocycles. The van der Waals surface area contributed by atoms with Crippen molar-refractivity contribution in [3.63, 3.8) is 0 Å². The molecule has 21 heavy (non-hydrogen) atoms. The van der Waals surface area contributed by atoms with Crippen molar-refractivity contribution in [2.45, 2.75) is 39.5 Å². The molecule has 2 heterocycles. The van der Waals surface area contributed by atoms with Crippen molar-refractivity contribution in [1.29, 1.82) is 0 Å². The fourth-order valence-electron chi connectivity index (χ4n) is 2.61. The van der Waals surface area contributed by atoms with Gasteiger partial charge in [0, 0.05) is 37.9 Å². The molecule has 0 spiro atoms. The zero-order valence-electron chi connectivity index (χ0n) is 13.0. The molecule has 0 atom stereocenters. The fraction of sp³-hybridized carbons (Fsp3) is 0.667. The Hall–Kier alpha value is -1.43. The number of carbonyl (C=O) groups is 2. The van der Waals surface area contributed by atoms with Gasteiger partial charge in [-0.1, -0.05) is 6.92 Å². The molecule has 2 rings (SSSR count). The van der Waals surface area contributed by atoms with E-state index in [1.165, 1.54) is 11.3 Å². The minimum absolute atomic E-state index is 0.00452. The molecule has 0 unspecified atom stereocenters. The zero-order valence-corrected chi connectivity index (χ0v) is 13.8. The summed E-state index contributed by atoms with van der Waals surface area (Å²) in [5.41, 5.74) is 0.939. The lowest BCUT2D eigenvalue weighted by Gasteiger charge is -2.32. The van der Waals surface area contributed by atoms with Gasteiger partial charge in [-0.15, -0.1) is 11.3 Å². The molecule has 0 N–H and O–H groups in total. The van der Waals surface area contributed by atoms with Crippen molar-refractivity contribution in [3.05, 3.63) is 11.1 Å². The zero-order chi connectivity index (χ0) is 15.4. The molecule has 5 nitrogen and oxygen atoms in total. The van der Waals surface area contributed by atoms with E-state index in [0.717, 1.165) is 30.1 Å². The quantitative estimate of drug-likeness (QED) is 0.858. The number of piperidine rings is 1. The average Bonchev–Trinajstić information content (AvgIpc) is 2.92. The van der Waals surface area contributed by atoms with Gasteiger partial charge < -0.3 is 4.90 Å². The van der Waals surface area contributed by atoms with Crippen LogP contribution in [-0.2, 0) is 9.59 Å². The highest BCUT2D eigenvalue weighted by atomic mass is 32.1. The van der Waals surface area contributed by atoms with Crippen molar-refractivity contribution in [2.75, 3.05) is 25.0 Å². The maximum atomic E-state index is 12.5. The SMILES string of the molecule is CCCC(=O)N1CCC(C(=O)N(C)c2nc(C)cs2)CC1. The molecule has 1 aliphatic rings. The lowest BCUT2D eigenvalue weighted by atomic mass is 9.95. The average molecular weight is 309 g/mol. The molecule has 1 aromatic rings. The molecule has 1 aromatic heterocycles. The molecule has 0 bridgehead atoms. The van der Waals surface area contributed by atoms with Crippen LogP contribution in [0.1, 0.15) is 38.3 Å². The summed E-state index contributed by atoms with van der Waals surface area (Å²) < 4.78 is 0. The second-order valence-electron chi connectivity index (χ2n) is 5.57. The van der Waals surface area contributed by atoms with Crippen LogP contribution in [0.25, 0.3) is 0 Å². The number of hydrogen-bond acceptors (Lipinski definition) is 4. The van der Waals surface area contributed by atoms with Crippen molar-refractivity contribution in [3.8, 4) is 0 Å². The second-order valence-corrected chi connectivity index (χ2v) is 6.41. The van der Waals surface area contributed by atoms with Crippen LogP contribution in [0.2, 0.25) is 0 Å². The largest absolute Gasteiger partial charge is 0.343 e. The normalized spacial score (nSPS) is 16.0. The molecule has 1 aliphatic heterocycles. The van der Waals surface area contributed by atoms with Crippen molar-refractivity contribution in [2.24, 2.45) is 5.92 Å². The first-order valence-electron chi connectivity index (χ1n) is 7.50. The van der Waals surface area contributed by atoms with Crippen LogP contribution in [0.15, 0.2) is 5.38 Å². The van der Waals surface area contributed by atoms with Crippen molar-refractivity contribution < 1.29 is 9.59 Å². The van der Waals surface area contributed by atoms with E-state index >= 15 is 0 Å². The van der Waals surface area contributed by atoms with Crippen LogP contribution >= 0.6 is 11.3 Å². The summed E-state index contributed by atoms with van der Waals surface area (Å²) in [6, 6.07) is 0. The Kier molecular flexibility index (Phi) is 5.33. The number of hydrogen-bond donors (Lipinski definition) is 0. The van der Waals surface area contributed by atoms with Crippen molar-refractivity contribution >= 4 is 28.3 Å². The Balaban J connectivity index is 1.89. The summed E-state index contributed by atoms with van der Waals surface area (Å²) in [7, 11) is 1.79. The van der Waals surface area contributed by atoms with Gasteiger partial charge in [-0.3, -0.25) is 14.5 Å². The van der Waals surface area contributed by atoms with Gasteiger partial charge in [0.2, 0.25) is 11.8 Å². The van der Waals surface area contributed by atoms with Gasteiger partial charge in [-0.2, -0.15) is 0 Å². The lowest BCUT2D eigenvalue weighted by Crippen LogP contribution is -2.43. The predicted molar refractivity (Wildman–Crippen MR) is 84.5 cm³/mol. The first-order valence-corrected chi connectivity index (χ1v) is 8.38. The van der Waals surface area contributed by atoms with Crippen LogP contribution in [0.4, 0.5) is 5.13 Å². The van der Waals surface area contributed by atoms with Crippen LogP contribution in [0, 0.1) is 12.8 Å². The van der Waals surface area contributed by atoms with Gasteiger partial charge in [0.25, 0.3) is 0 Å². The number of thiazole rings is 1. The highest BCUT2D eigenvalue weighted by Crippen LogP contribution is 2.25. The Morgan fingerprint density at radius 2 is 2.10 bits per heavy atom. The lowest BCUT2D eigenvalue weighted by molar-refractivity contribution is -0.134. The predicted octanol–water partition coefficient (Wildman–Crippen LogP) is 2.45. The maximum Gasteiger partial charge on any atom is 0.231 e. The Bertz CT molecular complexity index is 507. The molecule has 0 aromatic carbocycles. The minimum atomic E-state index is 0.00452. The number of likely N-dealkylation sites (tertiary alicyclic amines) is 1. The monoisotopic (exact) mass is 309 g/mol. The summed E-state index contributed by atoms with van der Waals surface area (Å²) in [4.78, 5) is 32.3. The Labute approximate surface area is 130 Å². The summed E-state index contributed by atoms with van der Waals surface area (Å²) in [5, 5.41) is 2.70. The Morgan fingerprint density at radius 1 is 1.43 bits per heavy atom. The van der Waals surface area contributed by atoms with Crippen LogP contribution < -0.4 is 4.90 Å². The van der Waals surface area contributed by atoms with Crippen LogP contribution in [-0.4, -0.2) is 41.8 Å². The van der Waals surface area contributed by atoms with Crippen LogP contribution in [0.3, 0.4) is 0 Å². The first-order chi connectivity index (χ1) is 10.0. The third-order valence-electron chi connectivity index (χ3n) is 3.89. The summed E-state index contributed by atoms with van der Waals surface area (Å²) in [5.74, 6) is 0.337. The molecule has 0 saturated carbocycles.